The lowest BCUT2D eigenvalue weighted by Gasteiger charge is -2.30. The molecule has 2 aliphatic rings. The van der Waals surface area contributed by atoms with Gasteiger partial charge in [-0.05, 0) is 59.9 Å². The molecule has 0 bridgehead atoms. The van der Waals surface area contributed by atoms with Crippen molar-refractivity contribution in [2.75, 3.05) is 13.2 Å². The molecule has 0 fully saturated rings. The van der Waals surface area contributed by atoms with Crippen LogP contribution in [0.2, 0.25) is 0 Å². The van der Waals surface area contributed by atoms with Crippen LogP contribution in [0, 0.1) is 5.82 Å². The molecule has 0 aliphatic carbocycles. The van der Waals surface area contributed by atoms with E-state index in [1.807, 2.05) is 19.1 Å². The first-order valence-electron chi connectivity index (χ1n) is 12.5. The maximum absolute atomic E-state index is 13.3. The number of halogens is 2. The molecule has 7 nitrogen and oxygen atoms in total. The minimum atomic E-state index is -0.768. The Morgan fingerprint density at radius 2 is 1.89 bits per heavy atom. The average Bonchev–Trinajstić information content (AvgIpc) is 3.21. The maximum atomic E-state index is 13.3. The Hall–Kier alpha value is -3.46. The summed E-state index contributed by atoms with van der Waals surface area (Å²) in [5.41, 5.74) is 4.78. The van der Waals surface area contributed by atoms with Crippen molar-refractivity contribution >= 4 is 24.2 Å². The average molecular weight is 540 g/mol. The van der Waals surface area contributed by atoms with Crippen molar-refractivity contribution in [1.29, 1.82) is 0 Å². The molecule has 0 radical (unpaired) electrons. The zero-order chi connectivity index (χ0) is 25.9. The Balaban J connectivity index is 0.00000336. The van der Waals surface area contributed by atoms with Gasteiger partial charge in [-0.2, -0.15) is 0 Å². The first-order valence-corrected chi connectivity index (χ1v) is 12.5. The van der Waals surface area contributed by atoms with Crippen LogP contribution in [0.25, 0.3) is 0 Å². The van der Waals surface area contributed by atoms with E-state index >= 15 is 0 Å². The van der Waals surface area contributed by atoms with Gasteiger partial charge in [0.1, 0.15) is 11.6 Å². The Labute approximate surface area is 227 Å². The lowest BCUT2D eigenvalue weighted by molar-refractivity contribution is 0.0766. The third kappa shape index (κ3) is 5.83. The van der Waals surface area contributed by atoms with E-state index in [-0.39, 0.29) is 42.6 Å². The third-order valence-corrected chi connectivity index (χ3v) is 6.96. The molecule has 2 heterocycles. The number of nitrogens with zero attached hydrogens (tertiary/aromatic N) is 1. The van der Waals surface area contributed by atoms with Gasteiger partial charge in [0, 0.05) is 37.8 Å². The lowest BCUT2D eigenvalue weighted by atomic mass is 9.93. The molecule has 2 amide bonds. The molecule has 200 valence electrons. The predicted octanol–water partition coefficient (Wildman–Crippen LogP) is 3.61. The summed E-state index contributed by atoms with van der Waals surface area (Å²) in [6.45, 7) is 3.58. The second kappa shape index (κ2) is 11.9. The molecular weight excluding hydrogens is 509 g/mol. The van der Waals surface area contributed by atoms with Gasteiger partial charge >= 0.3 is 0 Å². The molecule has 2 aliphatic heterocycles. The molecule has 0 aromatic heterocycles. The van der Waals surface area contributed by atoms with E-state index in [1.165, 1.54) is 23.3 Å². The second-order valence-corrected chi connectivity index (χ2v) is 9.46. The standard InChI is InChI=1S/C29H30FN3O4.ClH/c1-2-37-27-13-23-21(17-33(29(23)36)16-18-7-9-22(30)10-8-18)11-24(27)28(35)32-15-26(34)25-12-19-5-3-4-6-20(19)14-31-25;/h3-11,13,25-26,31,34H,2,12,14-17H2,1H3,(H,32,35);1H/t25-,26?;/m0./s1. The van der Waals surface area contributed by atoms with Gasteiger partial charge in [0.25, 0.3) is 11.8 Å². The highest BCUT2D eigenvalue weighted by atomic mass is 35.5. The number of benzene rings is 3. The van der Waals surface area contributed by atoms with Crippen LogP contribution in [0.4, 0.5) is 4.39 Å². The fourth-order valence-corrected chi connectivity index (χ4v) is 4.98. The van der Waals surface area contributed by atoms with Crippen LogP contribution < -0.4 is 15.4 Å². The van der Waals surface area contributed by atoms with Crippen molar-refractivity contribution in [2.45, 2.75) is 45.1 Å². The summed E-state index contributed by atoms with van der Waals surface area (Å²) in [5.74, 6) is -0.529. The van der Waals surface area contributed by atoms with Gasteiger partial charge < -0.3 is 25.4 Å². The summed E-state index contributed by atoms with van der Waals surface area (Å²) in [6.07, 6.45) is -0.0857. The smallest absolute Gasteiger partial charge is 0.255 e. The first kappa shape index (κ1) is 27.6. The Kier molecular flexibility index (Phi) is 8.66. The number of carbonyl (C=O) groups is 2. The molecule has 3 aromatic rings. The summed E-state index contributed by atoms with van der Waals surface area (Å²) in [5, 5.41) is 16.9. The molecule has 5 rings (SSSR count). The number of aliphatic hydroxyl groups excluding tert-OH is 1. The number of rotatable bonds is 8. The molecule has 0 saturated heterocycles. The number of nitrogens with one attached hydrogen (secondary N) is 2. The number of ether oxygens (including phenoxy) is 1. The minimum Gasteiger partial charge on any atom is -0.493 e. The molecular formula is C29H31ClFN3O4. The zero-order valence-corrected chi connectivity index (χ0v) is 21.9. The molecule has 0 saturated carbocycles. The van der Waals surface area contributed by atoms with Crippen LogP contribution in [0.5, 0.6) is 5.75 Å². The van der Waals surface area contributed by atoms with Crippen molar-refractivity contribution in [1.82, 2.24) is 15.5 Å². The van der Waals surface area contributed by atoms with Gasteiger partial charge in [-0.1, -0.05) is 36.4 Å². The largest absolute Gasteiger partial charge is 0.493 e. The van der Waals surface area contributed by atoms with Crippen molar-refractivity contribution in [3.63, 3.8) is 0 Å². The fourth-order valence-electron chi connectivity index (χ4n) is 4.98. The molecule has 2 atom stereocenters. The molecule has 1 unspecified atom stereocenters. The van der Waals surface area contributed by atoms with E-state index in [2.05, 4.69) is 22.8 Å². The number of hydrogen-bond acceptors (Lipinski definition) is 5. The summed E-state index contributed by atoms with van der Waals surface area (Å²) >= 11 is 0. The fraction of sp³-hybridized carbons (Fsp3) is 0.310. The highest BCUT2D eigenvalue weighted by Crippen LogP contribution is 2.31. The van der Waals surface area contributed by atoms with E-state index < -0.39 is 6.10 Å². The van der Waals surface area contributed by atoms with Crippen LogP contribution in [-0.4, -0.2) is 47.1 Å². The SMILES string of the molecule is CCOc1cc2c(cc1C(=O)NCC(O)[C@@H]1Cc3ccccc3CN1)CN(Cc1ccc(F)cc1)C2=O.Cl. The molecule has 38 heavy (non-hydrogen) atoms. The second-order valence-electron chi connectivity index (χ2n) is 9.46. The summed E-state index contributed by atoms with van der Waals surface area (Å²) < 4.78 is 19.0. The van der Waals surface area contributed by atoms with Crippen LogP contribution in [0.1, 0.15) is 49.9 Å². The zero-order valence-electron chi connectivity index (χ0n) is 21.1. The normalized spacial score (nSPS) is 16.8. The van der Waals surface area contributed by atoms with Gasteiger partial charge in [0.2, 0.25) is 0 Å². The van der Waals surface area contributed by atoms with Crippen molar-refractivity contribution in [3.8, 4) is 5.75 Å². The molecule has 0 spiro atoms. The summed E-state index contributed by atoms with van der Waals surface area (Å²) in [4.78, 5) is 27.9. The van der Waals surface area contributed by atoms with Crippen LogP contribution in [0.3, 0.4) is 0 Å². The number of carbonyl (C=O) groups excluding carboxylic acids is 2. The quantitative estimate of drug-likeness (QED) is 0.407. The van der Waals surface area contributed by atoms with E-state index in [9.17, 15) is 19.1 Å². The van der Waals surface area contributed by atoms with E-state index in [0.29, 0.717) is 49.5 Å². The number of amides is 2. The topological polar surface area (TPSA) is 90.9 Å². The van der Waals surface area contributed by atoms with Gasteiger partial charge in [-0.3, -0.25) is 9.59 Å². The van der Waals surface area contributed by atoms with E-state index in [4.69, 9.17) is 4.74 Å². The molecule has 9 heteroatoms. The van der Waals surface area contributed by atoms with Crippen LogP contribution >= 0.6 is 12.4 Å². The van der Waals surface area contributed by atoms with Crippen LogP contribution in [0.15, 0.2) is 60.7 Å². The Bertz CT molecular complexity index is 1320. The first-order chi connectivity index (χ1) is 17.9. The van der Waals surface area contributed by atoms with Crippen molar-refractivity contribution in [3.05, 3.63) is 99.9 Å². The minimum absolute atomic E-state index is 0. The monoisotopic (exact) mass is 539 g/mol. The predicted molar refractivity (Wildman–Crippen MR) is 144 cm³/mol. The third-order valence-electron chi connectivity index (χ3n) is 6.96. The number of fused-ring (bicyclic) bond motifs is 2. The highest BCUT2D eigenvalue weighted by Gasteiger charge is 2.31. The van der Waals surface area contributed by atoms with Crippen molar-refractivity contribution < 1.29 is 23.8 Å². The maximum Gasteiger partial charge on any atom is 0.255 e. The summed E-state index contributed by atoms with van der Waals surface area (Å²) in [6, 6.07) is 17.3. The van der Waals surface area contributed by atoms with E-state index in [1.54, 1.807) is 29.2 Å². The van der Waals surface area contributed by atoms with Gasteiger partial charge in [-0.25, -0.2) is 4.39 Å². The lowest BCUT2D eigenvalue weighted by Crippen LogP contribution is -2.49. The number of hydrogen-bond donors (Lipinski definition) is 3. The number of aliphatic hydroxyl groups is 1. The van der Waals surface area contributed by atoms with Gasteiger partial charge in [-0.15, -0.1) is 12.4 Å². The molecule has 3 N–H and O–H groups in total. The highest BCUT2D eigenvalue weighted by molar-refractivity contribution is 6.03. The Morgan fingerprint density at radius 1 is 1.16 bits per heavy atom. The summed E-state index contributed by atoms with van der Waals surface area (Å²) in [7, 11) is 0. The molecule has 3 aromatic carbocycles. The van der Waals surface area contributed by atoms with E-state index in [0.717, 1.165) is 11.1 Å². The Morgan fingerprint density at radius 3 is 2.63 bits per heavy atom. The van der Waals surface area contributed by atoms with Gasteiger partial charge in [0.05, 0.1) is 18.3 Å². The van der Waals surface area contributed by atoms with Gasteiger partial charge in [0.15, 0.2) is 0 Å². The van der Waals surface area contributed by atoms with Crippen LogP contribution in [-0.2, 0) is 26.1 Å². The van der Waals surface area contributed by atoms with Crippen molar-refractivity contribution in [2.24, 2.45) is 0 Å².